The van der Waals surface area contributed by atoms with Crippen LogP contribution in [0.3, 0.4) is 0 Å². The molecule has 3 atom stereocenters. The summed E-state index contributed by atoms with van der Waals surface area (Å²) in [5.41, 5.74) is 1.77. The zero-order valence-electron chi connectivity index (χ0n) is 16.4. The molecular weight excluding hydrogens is 426 g/mol. The average Bonchev–Trinajstić information content (AvgIpc) is 3.18. The Labute approximate surface area is 181 Å². The third-order valence-electron chi connectivity index (χ3n) is 5.89. The van der Waals surface area contributed by atoms with E-state index in [1.807, 2.05) is 24.3 Å². The summed E-state index contributed by atoms with van der Waals surface area (Å²) in [6, 6.07) is 13.7. The molecule has 4 rings (SSSR count). The Bertz CT molecular complexity index is 1020. The van der Waals surface area contributed by atoms with Crippen LogP contribution in [0.1, 0.15) is 29.2 Å². The first-order valence-electron chi connectivity index (χ1n) is 10.0. The third-order valence-corrected chi connectivity index (χ3v) is 8.38. The van der Waals surface area contributed by atoms with Crippen LogP contribution in [-0.4, -0.2) is 50.3 Å². The van der Waals surface area contributed by atoms with Gasteiger partial charge in [-0.15, -0.1) is 0 Å². The summed E-state index contributed by atoms with van der Waals surface area (Å²) in [7, 11) is -3.72. The highest BCUT2D eigenvalue weighted by Gasteiger charge is 2.40. The largest absolute Gasteiger partial charge is 0.449 e. The number of aliphatic hydroxyl groups is 1. The van der Waals surface area contributed by atoms with E-state index in [4.69, 9.17) is 16.3 Å². The summed E-state index contributed by atoms with van der Waals surface area (Å²) in [5.74, 6) is -0.364. The molecule has 2 aromatic rings. The molecule has 30 heavy (non-hydrogen) atoms. The second-order valence-corrected chi connectivity index (χ2v) is 10.4. The predicted octanol–water partition coefficient (Wildman–Crippen LogP) is 3.62. The van der Waals surface area contributed by atoms with E-state index in [1.54, 1.807) is 12.1 Å². The van der Waals surface area contributed by atoms with Crippen molar-refractivity contribution in [1.29, 1.82) is 0 Å². The number of carbonyl (C=O) groups excluding carboxylic acids is 1. The van der Waals surface area contributed by atoms with Gasteiger partial charge in [-0.2, -0.15) is 0 Å². The minimum absolute atomic E-state index is 0.0112. The molecule has 1 saturated heterocycles. The number of aryl methyl sites for hydroxylation is 1. The molecule has 8 heteroatoms. The van der Waals surface area contributed by atoms with Crippen LogP contribution in [0.15, 0.2) is 53.4 Å². The van der Waals surface area contributed by atoms with Gasteiger partial charge >= 0.3 is 6.09 Å². The van der Waals surface area contributed by atoms with Crippen LogP contribution in [0.2, 0.25) is 5.02 Å². The quantitative estimate of drug-likeness (QED) is 0.770. The lowest BCUT2D eigenvalue weighted by atomic mass is 9.84. The summed E-state index contributed by atoms with van der Waals surface area (Å²) in [6.07, 6.45) is 0.822. The molecule has 2 aromatic carbocycles. The van der Waals surface area contributed by atoms with Gasteiger partial charge in [-0.25, -0.2) is 13.2 Å². The molecule has 6 nitrogen and oxygen atoms in total. The van der Waals surface area contributed by atoms with Gasteiger partial charge in [0, 0.05) is 24.0 Å². The van der Waals surface area contributed by atoms with Gasteiger partial charge in [0.25, 0.3) is 0 Å². The Morgan fingerprint density at radius 2 is 1.87 bits per heavy atom. The summed E-state index contributed by atoms with van der Waals surface area (Å²) in [4.78, 5) is 14.0. The normalized spacial score (nSPS) is 23.8. The maximum Gasteiger partial charge on any atom is 0.409 e. The smallest absolute Gasteiger partial charge is 0.409 e. The molecule has 1 amide bonds. The van der Waals surface area contributed by atoms with Gasteiger partial charge in [0.2, 0.25) is 0 Å². The third kappa shape index (κ3) is 4.19. The number of fused-ring (bicyclic) bond motifs is 1. The maximum absolute atomic E-state index is 13.6. The van der Waals surface area contributed by atoms with Crippen molar-refractivity contribution in [3.8, 4) is 0 Å². The molecule has 1 fully saturated rings. The number of aliphatic hydroxyl groups excluding tert-OH is 1. The summed E-state index contributed by atoms with van der Waals surface area (Å²) < 4.78 is 32.7. The number of benzene rings is 2. The van der Waals surface area contributed by atoms with E-state index in [0.717, 1.165) is 17.5 Å². The molecule has 0 bridgehead atoms. The fourth-order valence-electron chi connectivity index (χ4n) is 4.33. The summed E-state index contributed by atoms with van der Waals surface area (Å²) >= 11 is 5.94. The Morgan fingerprint density at radius 3 is 2.57 bits per heavy atom. The Balaban J connectivity index is 1.61. The van der Waals surface area contributed by atoms with Crippen molar-refractivity contribution < 1.29 is 23.1 Å². The lowest BCUT2D eigenvalue weighted by Gasteiger charge is -2.33. The molecular formula is C22H24ClNO5S. The molecule has 1 N–H and O–H groups in total. The minimum atomic E-state index is -3.72. The van der Waals surface area contributed by atoms with Crippen LogP contribution in [0.4, 0.5) is 4.79 Å². The van der Waals surface area contributed by atoms with E-state index in [-0.39, 0.29) is 24.0 Å². The van der Waals surface area contributed by atoms with Crippen LogP contribution >= 0.6 is 11.6 Å². The Morgan fingerprint density at radius 1 is 1.13 bits per heavy atom. The molecule has 0 spiro atoms. The molecule has 0 saturated carbocycles. The number of ether oxygens (including phenoxy) is 1. The number of amides is 1. The number of hydrogen-bond donors (Lipinski definition) is 1. The van der Waals surface area contributed by atoms with Gasteiger partial charge in [0.05, 0.1) is 22.9 Å². The van der Waals surface area contributed by atoms with E-state index in [9.17, 15) is 18.3 Å². The predicted molar refractivity (Wildman–Crippen MR) is 113 cm³/mol. The molecule has 1 aliphatic carbocycles. The number of rotatable bonds is 4. The van der Waals surface area contributed by atoms with Gasteiger partial charge in [-0.1, -0.05) is 35.9 Å². The second-order valence-electron chi connectivity index (χ2n) is 7.88. The van der Waals surface area contributed by atoms with Gasteiger partial charge in [0.1, 0.15) is 0 Å². The van der Waals surface area contributed by atoms with Crippen LogP contribution in [0.25, 0.3) is 0 Å². The summed E-state index contributed by atoms with van der Waals surface area (Å²) in [6.45, 7) is 0.704. The topological polar surface area (TPSA) is 83.9 Å². The van der Waals surface area contributed by atoms with Gasteiger partial charge in [0.15, 0.2) is 9.84 Å². The fraction of sp³-hybridized carbons (Fsp3) is 0.409. The molecule has 160 valence electrons. The molecule has 1 heterocycles. The SMILES string of the molecule is O=C(OCC1CCc2ccccc2C1S(=O)(=O)c1ccc(Cl)cc1)N1CC[C@@H](O)C1. The van der Waals surface area contributed by atoms with E-state index in [1.165, 1.54) is 17.0 Å². The Hall–Kier alpha value is -2.09. The van der Waals surface area contributed by atoms with E-state index in [2.05, 4.69) is 0 Å². The van der Waals surface area contributed by atoms with Gasteiger partial charge in [-0.3, -0.25) is 0 Å². The van der Waals surface area contributed by atoms with Crippen LogP contribution in [0.5, 0.6) is 0 Å². The summed E-state index contributed by atoms with van der Waals surface area (Å²) in [5, 5.41) is 9.29. The molecule has 2 unspecified atom stereocenters. The number of β-amino-alcohol motifs (C(OH)–C–C–N with tert-alkyl or cyclic N) is 1. The first-order valence-corrected chi connectivity index (χ1v) is 12.0. The lowest BCUT2D eigenvalue weighted by molar-refractivity contribution is 0.0852. The van der Waals surface area contributed by atoms with Crippen molar-refractivity contribution in [3.63, 3.8) is 0 Å². The minimum Gasteiger partial charge on any atom is -0.449 e. The van der Waals surface area contributed by atoms with E-state index >= 15 is 0 Å². The zero-order chi connectivity index (χ0) is 21.3. The number of carbonyl (C=O) groups is 1. The number of nitrogens with zero attached hydrogens (tertiary/aromatic N) is 1. The number of likely N-dealkylation sites (tertiary alicyclic amines) is 1. The highest BCUT2D eigenvalue weighted by atomic mass is 35.5. The number of sulfone groups is 1. The monoisotopic (exact) mass is 449 g/mol. The van der Waals surface area contributed by atoms with E-state index in [0.29, 0.717) is 24.4 Å². The first-order chi connectivity index (χ1) is 14.4. The molecule has 2 aliphatic rings. The maximum atomic E-state index is 13.6. The highest BCUT2D eigenvalue weighted by Crippen LogP contribution is 2.43. The highest BCUT2D eigenvalue weighted by molar-refractivity contribution is 7.91. The molecule has 0 aromatic heterocycles. The molecule has 0 radical (unpaired) electrons. The number of halogens is 1. The van der Waals surface area contributed by atoms with E-state index < -0.39 is 27.3 Å². The standard InChI is InChI=1S/C22H24ClNO5S/c23-17-7-9-19(10-8-17)30(27,28)21-16(6-5-15-3-1-2-4-20(15)21)14-29-22(26)24-12-11-18(25)13-24/h1-4,7-10,16,18,21,25H,5-6,11-14H2/t16?,18-,21?/m1/s1. The van der Waals surface area contributed by atoms with Crippen molar-refractivity contribution >= 4 is 27.5 Å². The second kappa shape index (κ2) is 8.57. The van der Waals surface area contributed by atoms with Crippen molar-refractivity contribution in [2.45, 2.75) is 35.5 Å². The van der Waals surface area contributed by atoms with Crippen LogP contribution < -0.4 is 0 Å². The van der Waals surface area contributed by atoms with Gasteiger partial charge < -0.3 is 14.7 Å². The zero-order valence-corrected chi connectivity index (χ0v) is 18.0. The van der Waals surface area contributed by atoms with Gasteiger partial charge in [-0.05, 0) is 54.7 Å². The first kappa shape index (κ1) is 21.2. The lowest BCUT2D eigenvalue weighted by Crippen LogP contribution is -2.35. The van der Waals surface area contributed by atoms with Crippen molar-refractivity contribution in [2.24, 2.45) is 5.92 Å². The van der Waals surface area contributed by atoms with Crippen LogP contribution in [0, 0.1) is 5.92 Å². The number of hydrogen-bond acceptors (Lipinski definition) is 5. The fourth-order valence-corrected chi connectivity index (χ4v) is 6.55. The van der Waals surface area contributed by atoms with Crippen LogP contribution in [-0.2, 0) is 21.0 Å². The average molecular weight is 450 g/mol. The Kier molecular flexibility index (Phi) is 6.04. The van der Waals surface area contributed by atoms with Crippen molar-refractivity contribution in [1.82, 2.24) is 4.90 Å². The van der Waals surface area contributed by atoms with Crippen molar-refractivity contribution in [2.75, 3.05) is 19.7 Å². The molecule has 1 aliphatic heterocycles. The van der Waals surface area contributed by atoms with Crippen molar-refractivity contribution in [3.05, 3.63) is 64.7 Å².